The van der Waals surface area contributed by atoms with Gasteiger partial charge in [0.2, 0.25) is 10.0 Å². The van der Waals surface area contributed by atoms with Crippen molar-refractivity contribution in [3.8, 4) is 17.1 Å². The zero-order valence-corrected chi connectivity index (χ0v) is 19.5. The third kappa shape index (κ3) is 3.77. The van der Waals surface area contributed by atoms with Crippen molar-refractivity contribution in [3.63, 3.8) is 0 Å². The number of ether oxygens (including phenoxy) is 1. The number of piperidine rings is 1. The first-order valence-electron chi connectivity index (χ1n) is 11.5. The van der Waals surface area contributed by atoms with Crippen LogP contribution in [0.3, 0.4) is 0 Å². The first-order valence-corrected chi connectivity index (χ1v) is 12.9. The molecule has 7 nitrogen and oxygen atoms in total. The molecule has 1 fully saturated rings. The van der Waals surface area contributed by atoms with E-state index >= 15 is 0 Å². The standard InChI is InChI=1S/C25H22F2N4O3S/c26-17-3-5-20(21(27)15-17)24-29-22-2-1-10-28-25(22)31(24)18-7-11-30(12-8-18)35(32,33)19-4-6-23-16(14-19)9-13-34-23/h1-6,10,14-15,18H,7-9,11-13H2. The number of aromatic nitrogens is 3. The summed E-state index contributed by atoms with van der Waals surface area (Å²) in [4.78, 5) is 9.32. The number of nitrogens with zero attached hydrogens (tertiary/aromatic N) is 4. The Morgan fingerprint density at radius 3 is 2.66 bits per heavy atom. The quantitative estimate of drug-likeness (QED) is 0.420. The lowest BCUT2D eigenvalue weighted by Crippen LogP contribution is -2.39. The minimum absolute atomic E-state index is 0.144. The van der Waals surface area contributed by atoms with Crippen LogP contribution in [0.2, 0.25) is 0 Å². The van der Waals surface area contributed by atoms with E-state index in [0.717, 1.165) is 17.4 Å². The Morgan fingerprint density at radius 1 is 1.03 bits per heavy atom. The van der Waals surface area contributed by atoms with Crippen molar-refractivity contribution in [2.75, 3.05) is 19.7 Å². The van der Waals surface area contributed by atoms with Crippen LogP contribution in [0.4, 0.5) is 8.78 Å². The van der Waals surface area contributed by atoms with Gasteiger partial charge < -0.3 is 9.30 Å². The van der Waals surface area contributed by atoms with Crippen LogP contribution < -0.4 is 4.74 Å². The van der Waals surface area contributed by atoms with Crippen molar-refractivity contribution in [2.24, 2.45) is 0 Å². The van der Waals surface area contributed by atoms with Gasteiger partial charge in [0.15, 0.2) is 5.65 Å². The van der Waals surface area contributed by atoms with Crippen LogP contribution in [-0.2, 0) is 16.4 Å². The highest BCUT2D eigenvalue weighted by Crippen LogP contribution is 2.36. The van der Waals surface area contributed by atoms with E-state index in [1.807, 2.05) is 4.57 Å². The Morgan fingerprint density at radius 2 is 1.86 bits per heavy atom. The van der Waals surface area contributed by atoms with E-state index in [9.17, 15) is 17.2 Å². The van der Waals surface area contributed by atoms with Crippen LogP contribution in [-0.4, -0.2) is 47.0 Å². The normalized spacial score (nSPS) is 17.0. The Bertz CT molecular complexity index is 1550. The summed E-state index contributed by atoms with van der Waals surface area (Å²) in [6, 6.07) is 11.8. The van der Waals surface area contributed by atoms with Gasteiger partial charge in [-0.15, -0.1) is 0 Å². The highest BCUT2D eigenvalue weighted by molar-refractivity contribution is 7.89. The molecule has 0 N–H and O–H groups in total. The Balaban J connectivity index is 1.31. The molecule has 2 aromatic heterocycles. The van der Waals surface area contributed by atoms with E-state index in [1.54, 1.807) is 36.5 Å². The number of hydrogen-bond acceptors (Lipinski definition) is 5. The van der Waals surface area contributed by atoms with Gasteiger partial charge in [0.1, 0.15) is 28.7 Å². The van der Waals surface area contributed by atoms with Gasteiger partial charge >= 0.3 is 0 Å². The first-order chi connectivity index (χ1) is 16.9. The fraction of sp³-hybridized carbons (Fsp3) is 0.280. The predicted molar refractivity (Wildman–Crippen MR) is 126 cm³/mol. The van der Waals surface area contributed by atoms with E-state index in [1.165, 1.54) is 16.4 Å². The lowest BCUT2D eigenvalue weighted by Gasteiger charge is -2.32. The second kappa shape index (κ2) is 8.39. The largest absolute Gasteiger partial charge is 0.493 e. The number of pyridine rings is 1. The highest BCUT2D eigenvalue weighted by Gasteiger charge is 2.33. The molecule has 0 spiro atoms. The number of rotatable bonds is 4. The van der Waals surface area contributed by atoms with E-state index in [-0.39, 0.29) is 16.5 Å². The molecule has 0 saturated carbocycles. The summed E-state index contributed by atoms with van der Waals surface area (Å²) < 4.78 is 63.7. The predicted octanol–water partition coefficient (Wildman–Crippen LogP) is 4.34. The molecule has 0 unspecified atom stereocenters. The van der Waals surface area contributed by atoms with Gasteiger partial charge in [0.25, 0.3) is 0 Å². The molecule has 0 amide bonds. The number of sulfonamides is 1. The molecule has 4 heterocycles. The molecule has 2 aromatic carbocycles. The smallest absolute Gasteiger partial charge is 0.243 e. The molecule has 2 aliphatic heterocycles. The van der Waals surface area contributed by atoms with Gasteiger partial charge in [-0.05, 0) is 60.9 Å². The Kier molecular flexibility index (Phi) is 5.30. The van der Waals surface area contributed by atoms with Crippen LogP contribution in [0.25, 0.3) is 22.6 Å². The molecule has 0 atom stereocenters. The van der Waals surface area contributed by atoms with Crippen molar-refractivity contribution in [2.45, 2.75) is 30.2 Å². The third-order valence-corrected chi connectivity index (χ3v) is 8.60. The SMILES string of the molecule is O=S(=O)(c1ccc2c(c1)CCO2)N1CCC(n2c(-c3ccc(F)cc3F)nc3cccnc32)CC1. The molecule has 180 valence electrons. The number of hydrogen-bond donors (Lipinski definition) is 0. The highest BCUT2D eigenvalue weighted by atomic mass is 32.2. The minimum atomic E-state index is -3.66. The zero-order chi connectivity index (χ0) is 24.2. The van der Waals surface area contributed by atoms with Crippen molar-refractivity contribution < 1.29 is 21.9 Å². The maximum absolute atomic E-state index is 14.7. The maximum atomic E-state index is 14.7. The van der Waals surface area contributed by atoms with Gasteiger partial charge in [-0.1, -0.05) is 0 Å². The number of imidazole rings is 1. The summed E-state index contributed by atoms with van der Waals surface area (Å²) in [7, 11) is -3.66. The Labute approximate surface area is 201 Å². The number of halogens is 2. The molecule has 0 radical (unpaired) electrons. The minimum Gasteiger partial charge on any atom is -0.493 e. The van der Waals surface area contributed by atoms with Gasteiger partial charge in [0, 0.05) is 37.8 Å². The summed E-state index contributed by atoms with van der Waals surface area (Å²) in [6.07, 6.45) is 3.35. The van der Waals surface area contributed by atoms with Crippen LogP contribution >= 0.6 is 0 Å². The van der Waals surface area contributed by atoms with Crippen LogP contribution in [0.1, 0.15) is 24.4 Å². The molecule has 0 aliphatic carbocycles. The molecule has 6 rings (SSSR count). The topological polar surface area (TPSA) is 77.3 Å². The maximum Gasteiger partial charge on any atom is 0.243 e. The second-order valence-electron chi connectivity index (χ2n) is 8.78. The van der Waals surface area contributed by atoms with Gasteiger partial charge in [-0.3, -0.25) is 0 Å². The fourth-order valence-electron chi connectivity index (χ4n) is 4.95. The van der Waals surface area contributed by atoms with Crippen molar-refractivity contribution in [1.82, 2.24) is 18.8 Å². The summed E-state index contributed by atoms with van der Waals surface area (Å²) in [5.41, 5.74) is 2.27. The van der Waals surface area contributed by atoms with Crippen LogP contribution in [0, 0.1) is 11.6 Å². The molecule has 1 saturated heterocycles. The summed E-state index contributed by atoms with van der Waals surface area (Å²) in [6.45, 7) is 1.17. The number of fused-ring (bicyclic) bond motifs is 2. The lowest BCUT2D eigenvalue weighted by molar-refractivity contribution is 0.278. The molecule has 10 heteroatoms. The summed E-state index contributed by atoms with van der Waals surface area (Å²) >= 11 is 0. The van der Waals surface area contributed by atoms with Crippen molar-refractivity contribution >= 4 is 21.2 Å². The van der Waals surface area contributed by atoms with E-state index in [2.05, 4.69) is 9.97 Å². The lowest BCUT2D eigenvalue weighted by atomic mass is 10.1. The van der Waals surface area contributed by atoms with Crippen molar-refractivity contribution in [3.05, 3.63) is 71.9 Å². The van der Waals surface area contributed by atoms with E-state index < -0.39 is 21.7 Å². The Hall–Kier alpha value is -3.37. The molecule has 2 aliphatic rings. The summed E-state index contributed by atoms with van der Waals surface area (Å²) in [5, 5.41) is 0. The monoisotopic (exact) mass is 496 g/mol. The van der Waals surface area contributed by atoms with Crippen LogP contribution in [0.5, 0.6) is 5.75 Å². The van der Waals surface area contributed by atoms with E-state index in [4.69, 9.17) is 4.74 Å². The third-order valence-electron chi connectivity index (χ3n) is 6.71. The van der Waals surface area contributed by atoms with Gasteiger partial charge in [0.05, 0.1) is 17.1 Å². The molecule has 4 aromatic rings. The fourth-order valence-corrected chi connectivity index (χ4v) is 6.47. The zero-order valence-electron chi connectivity index (χ0n) is 18.7. The average Bonchev–Trinajstić information content (AvgIpc) is 3.48. The molecule has 35 heavy (non-hydrogen) atoms. The average molecular weight is 497 g/mol. The van der Waals surface area contributed by atoms with Crippen LogP contribution in [0.15, 0.2) is 59.6 Å². The first kappa shape index (κ1) is 22.1. The van der Waals surface area contributed by atoms with Crippen molar-refractivity contribution in [1.29, 1.82) is 0 Å². The summed E-state index contributed by atoms with van der Waals surface area (Å²) in [5.74, 6) is -0.273. The molecular weight excluding hydrogens is 474 g/mol. The second-order valence-corrected chi connectivity index (χ2v) is 10.7. The van der Waals surface area contributed by atoms with Gasteiger partial charge in [-0.2, -0.15) is 4.31 Å². The van der Waals surface area contributed by atoms with E-state index in [0.29, 0.717) is 55.9 Å². The molecular formula is C25H22F2N4O3S. The number of benzene rings is 2. The molecule has 0 bridgehead atoms. The van der Waals surface area contributed by atoms with Gasteiger partial charge in [-0.25, -0.2) is 27.2 Å².